The number of carbonyl (C=O) groups is 8. The van der Waals surface area contributed by atoms with Crippen molar-refractivity contribution in [3.8, 4) is 0 Å². The fraction of sp³-hybridized carbons (Fsp3) is 0.395. The third-order valence-electron chi connectivity index (χ3n) is 10.7. The number of nitrogens with one attached hydrogen (secondary N) is 6. The van der Waals surface area contributed by atoms with Crippen LogP contribution in [-0.4, -0.2) is 120 Å². The molecular weight excluding hydrogens is 757 g/mol. The first-order chi connectivity index (χ1) is 28.5. The Kier molecular flexibility index (Phi) is 14.4. The number of amides is 8. The summed E-state index contributed by atoms with van der Waals surface area (Å²) in [4.78, 5) is 112. The van der Waals surface area contributed by atoms with Crippen molar-refractivity contribution in [2.45, 2.75) is 75.2 Å². The van der Waals surface area contributed by atoms with Crippen LogP contribution in [-0.2, 0) is 57.6 Å². The molecule has 3 aromatic rings. The molecule has 0 saturated carbocycles. The summed E-state index contributed by atoms with van der Waals surface area (Å²) < 4.78 is 0. The monoisotopic (exact) mass is 806 g/mol. The zero-order valence-corrected chi connectivity index (χ0v) is 32.7. The normalized spacial score (nSPS) is 24.4. The first-order valence-electron chi connectivity index (χ1n) is 20.0. The number of rotatable bonds is 6. The van der Waals surface area contributed by atoms with Crippen molar-refractivity contribution >= 4 is 47.3 Å². The number of benzene rings is 3. The molecule has 3 aromatic carbocycles. The van der Waals surface area contributed by atoms with E-state index in [0.717, 1.165) is 16.7 Å². The average molecular weight is 807 g/mol. The second-order valence-electron chi connectivity index (χ2n) is 15.0. The summed E-state index contributed by atoms with van der Waals surface area (Å²) in [6.07, 6.45) is 2.00. The van der Waals surface area contributed by atoms with Crippen molar-refractivity contribution in [3.05, 3.63) is 108 Å². The lowest BCUT2D eigenvalue weighted by Gasteiger charge is -2.33. The van der Waals surface area contributed by atoms with Crippen LogP contribution in [0.2, 0.25) is 0 Å². The molecule has 310 valence electrons. The van der Waals surface area contributed by atoms with Gasteiger partial charge in [-0.1, -0.05) is 91.0 Å². The third-order valence-corrected chi connectivity index (χ3v) is 10.7. The van der Waals surface area contributed by atoms with Crippen LogP contribution in [0.15, 0.2) is 91.0 Å². The Morgan fingerprint density at radius 2 is 0.847 bits per heavy atom. The Morgan fingerprint density at radius 1 is 0.424 bits per heavy atom. The molecule has 3 aliphatic heterocycles. The van der Waals surface area contributed by atoms with E-state index >= 15 is 0 Å². The minimum Gasteiger partial charge on any atom is -0.346 e. The van der Waals surface area contributed by atoms with E-state index in [2.05, 4.69) is 31.9 Å². The molecule has 3 heterocycles. The maximum Gasteiger partial charge on any atom is 0.246 e. The molecule has 59 heavy (non-hydrogen) atoms. The van der Waals surface area contributed by atoms with Crippen LogP contribution in [0.1, 0.15) is 42.4 Å². The Hall–Kier alpha value is -6.58. The summed E-state index contributed by atoms with van der Waals surface area (Å²) in [5, 5.41) is 15.8. The van der Waals surface area contributed by atoms with Gasteiger partial charge in [-0.05, 0) is 42.4 Å². The topological polar surface area (TPSA) is 215 Å². The highest BCUT2D eigenvalue weighted by atomic mass is 16.2. The second kappa shape index (κ2) is 20.2. The van der Waals surface area contributed by atoms with Crippen molar-refractivity contribution in [2.24, 2.45) is 0 Å². The van der Waals surface area contributed by atoms with Crippen molar-refractivity contribution < 1.29 is 38.4 Å². The molecule has 6 N–H and O–H groups in total. The lowest BCUT2D eigenvalue weighted by atomic mass is 10.0. The summed E-state index contributed by atoms with van der Waals surface area (Å²) in [5.41, 5.74) is 2.21. The van der Waals surface area contributed by atoms with E-state index in [1.54, 1.807) is 54.6 Å². The molecule has 0 radical (unpaired) electrons. The largest absolute Gasteiger partial charge is 0.346 e. The van der Waals surface area contributed by atoms with Crippen LogP contribution >= 0.6 is 0 Å². The fourth-order valence-electron chi connectivity index (χ4n) is 7.73. The molecule has 0 aromatic heterocycles. The van der Waals surface area contributed by atoms with Gasteiger partial charge in [-0.15, -0.1) is 0 Å². The highest BCUT2D eigenvalue weighted by Crippen LogP contribution is 2.26. The maximum absolute atomic E-state index is 14.5. The van der Waals surface area contributed by atoms with Gasteiger partial charge in [0, 0.05) is 32.4 Å². The van der Waals surface area contributed by atoms with E-state index in [9.17, 15) is 38.4 Å². The smallest absolute Gasteiger partial charge is 0.246 e. The summed E-state index contributed by atoms with van der Waals surface area (Å²) in [5.74, 6) is -4.79. The van der Waals surface area contributed by atoms with E-state index in [1.807, 2.05) is 36.4 Å². The van der Waals surface area contributed by atoms with Gasteiger partial charge in [0.05, 0.1) is 19.6 Å². The quantitative estimate of drug-likeness (QED) is 0.191. The van der Waals surface area contributed by atoms with E-state index in [0.29, 0.717) is 25.7 Å². The molecule has 0 aliphatic carbocycles. The predicted molar refractivity (Wildman–Crippen MR) is 215 cm³/mol. The lowest BCUT2D eigenvalue weighted by Crippen LogP contribution is -2.59. The SMILES string of the molecule is O=C1CNC(=O)[C@H](Cc2ccccc2)NC(=O)CNC(=O)[C@@H]2CCCN2C(=O)[C@@H]2CCCN2C(=O)[C@H](Cc2ccccc2)NC(=O)[C@H](Cc2ccccc2)NC(=O)CN1. The van der Waals surface area contributed by atoms with Gasteiger partial charge in [0.1, 0.15) is 30.2 Å². The molecule has 0 spiro atoms. The highest BCUT2D eigenvalue weighted by molar-refractivity contribution is 5.98. The molecule has 3 aliphatic rings. The van der Waals surface area contributed by atoms with Gasteiger partial charge in [0.25, 0.3) is 0 Å². The number of fused-ring (bicyclic) bond motifs is 2. The molecule has 16 heteroatoms. The van der Waals surface area contributed by atoms with Crippen LogP contribution in [0.5, 0.6) is 0 Å². The predicted octanol–water partition coefficient (Wildman–Crippen LogP) is -0.487. The number of nitrogens with zero attached hydrogens (tertiary/aromatic N) is 2. The molecular formula is C43H50N8O8. The molecule has 5 atom stereocenters. The van der Waals surface area contributed by atoms with Crippen LogP contribution < -0.4 is 31.9 Å². The Morgan fingerprint density at radius 3 is 1.39 bits per heavy atom. The van der Waals surface area contributed by atoms with Gasteiger partial charge in [0.2, 0.25) is 47.3 Å². The molecule has 16 nitrogen and oxygen atoms in total. The van der Waals surface area contributed by atoms with Gasteiger partial charge in [-0.3, -0.25) is 38.4 Å². The van der Waals surface area contributed by atoms with Crippen molar-refractivity contribution in [3.63, 3.8) is 0 Å². The van der Waals surface area contributed by atoms with Crippen LogP contribution in [0.4, 0.5) is 0 Å². The number of carbonyl (C=O) groups excluding carboxylic acids is 8. The van der Waals surface area contributed by atoms with Crippen molar-refractivity contribution in [2.75, 3.05) is 32.7 Å². The zero-order valence-electron chi connectivity index (χ0n) is 32.7. The lowest BCUT2D eigenvalue weighted by molar-refractivity contribution is -0.148. The van der Waals surface area contributed by atoms with Gasteiger partial charge in [-0.25, -0.2) is 0 Å². The van der Waals surface area contributed by atoms with Gasteiger partial charge in [-0.2, -0.15) is 0 Å². The van der Waals surface area contributed by atoms with Crippen LogP contribution in [0.25, 0.3) is 0 Å². The van der Waals surface area contributed by atoms with E-state index in [1.165, 1.54) is 9.80 Å². The standard InChI is InChI=1S/C43H50N8O8/c52-36-25-45-39(55)31(22-28-12-4-1-5-13-28)47-38(54)27-46-41(57)34-18-10-20-50(34)43(59)35-19-11-21-51(35)42(58)33(24-30-16-8-3-9-17-30)49-40(56)32(48-37(53)26-44-36)23-29-14-6-2-7-15-29/h1-9,12-17,31-35H,10-11,18-27H2,(H,44,52)(H,45,55)(H,46,57)(H,47,54)(H,48,53)(H,49,56)/t31-,32-,33-,34-,35-/m0/s1. The maximum atomic E-state index is 14.5. The molecule has 0 bridgehead atoms. The summed E-state index contributed by atoms with van der Waals surface area (Å²) >= 11 is 0. The van der Waals surface area contributed by atoms with E-state index in [-0.39, 0.29) is 32.4 Å². The molecule has 3 fully saturated rings. The van der Waals surface area contributed by atoms with Crippen molar-refractivity contribution in [1.29, 1.82) is 0 Å². The Balaban J connectivity index is 1.27. The average Bonchev–Trinajstić information content (AvgIpc) is 3.95. The summed E-state index contributed by atoms with van der Waals surface area (Å²) in [6, 6.07) is 21.8. The molecule has 3 saturated heterocycles. The van der Waals surface area contributed by atoms with Gasteiger partial charge < -0.3 is 41.7 Å². The molecule has 0 unspecified atom stereocenters. The molecule has 6 rings (SSSR count). The molecule has 8 amide bonds. The first kappa shape index (κ1) is 42.0. The first-order valence-corrected chi connectivity index (χ1v) is 20.0. The van der Waals surface area contributed by atoms with Gasteiger partial charge in [0.15, 0.2) is 0 Å². The summed E-state index contributed by atoms with van der Waals surface area (Å²) in [7, 11) is 0. The minimum atomic E-state index is -1.17. The van der Waals surface area contributed by atoms with Gasteiger partial charge >= 0.3 is 0 Å². The number of hydrogen-bond donors (Lipinski definition) is 6. The second-order valence-corrected chi connectivity index (χ2v) is 15.0. The fourth-order valence-corrected chi connectivity index (χ4v) is 7.73. The number of hydrogen-bond acceptors (Lipinski definition) is 8. The van der Waals surface area contributed by atoms with Crippen molar-refractivity contribution in [1.82, 2.24) is 41.7 Å². The minimum absolute atomic E-state index is 0.0619. The Labute approximate surface area is 342 Å². The zero-order chi connectivity index (χ0) is 41.7. The van der Waals surface area contributed by atoms with Crippen LogP contribution in [0.3, 0.4) is 0 Å². The Bertz CT molecular complexity index is 2000. The summed E-state index contributed by atoms with van der Waals surface area (Å²) in [6.45, 7) is -1.00. The highest BCUT2D eigenvalue weighted by Gasteiger charge is 2.44. The van der Waals surface area contributed by atoms with Crippen LogP contribution in [0, 0.1) is 0 Å². The van der Waals surface area contributed by atoms with E-state index < -0.39 is 97.1 Å². The third kappa shape index (κ3) is 11.5. The van der Waals surface area contributed by atoms with E-state index in [4.69, 9.17) is 0 Å².